The monoisotopic (exact) mass is 411 g/mol. The van der Waals surface area contributed by atoms with Gasteiger partial charge in [-0.2, -0.15) is 18.3 Å². The molecule has 26 heavy (non-hydrogen) atoms. The number of nitrogens with one attached hydrogen (secondary N) is 3. The molecule has 1 saturated heterocycles. The van der Waals surface area contributed by atoms with Crippen LogP contribution in [0.2, 0.25) is 0 Å². The summed E-state index contributed by atoms with van der Waals surface area (Å²) in [6, 6.07) is 1.11. The van der Waals surface area contributed by atoms with Gasteiger partial charge >= 0.3 is 12.2 Å². The number of aliphatic hydroxyl groups is 1. The highest BCUT2D eigenvalue weighted by Crippen LogP contribution is 2.29. The predicted molar refractivity (Wildman–Crippen MR) is 85.6 cm³/mol. The Bertz CT molecular complexity index is 893. The van der Waals surface area contributed by atoms with Gasteiger partial charge in [0.05, 0.1) is 16.6 Å². The molecule has 3 rings (SSSR count). The molecule has 2 amide bonds. The Morgan fingerprint density at radius 2 is 2.04 bits per heavy atom. The van der Waals surface area contributed by atoms with Crippen molar-refractivity contribution in [1.29, 1.82) is 0 Å². The normalized spacial score (nSPS) is 23.5. The summed E-state index contributed by atoms with van der Waals surface area (Å²) in [7, 11) is -3.98. The van der Waals surface area contributed by atoms with Gasteiger partial charge in [0.25, 0.3) is 0 Å². The summed E-state index contributed by atoms with van der Waals surface area (Å²) in [5.74, 6) is 0. The highest BCUT2D eigenvalue weighted by molar-refractivity contribution is 7.91. The van der Waals surface area contributed by atoms with Gasteiger partial charge in [-0.1, -0.05) is 0 Å². The van der Waals surface area contributed by atoms with Gasteiger partial charge in [0, 0.05) is 13.0 Å². The number of halogens is 3. The van der Waals surface area contributed by atoms with Crippen LogP contribution < -0.4 is 15.4 Å². The minimum atomic E-state index is -4.58. The second-order valence-electron chi connectivity index (χ2n) is 5.41. The zero-order valence-corrected chi connectivity index (χ0v) is 14.4. The van der Waals surface area contributed by atoms with Crippen LogP contribution in [0, 0.1) is 0 Å². The van der Waals surface area contributed by atoms with Crippen molar-refractivity contribution < 1.29 is 31.5 Å². The molecule has 2 aliphatic heterocycles. The quantitative estimate of drug-likeness (QED) is 0.549. The van der Waals surface area contributed by atoms with Crippen molar-refractivity contribution in [2.24, 2.45) is 10.2 Å². The lowest BCUT2D eigenvalue weighted by molar-refractivity contribution is -0.0596. The van der Waals surface area contributed by atoms with Gasteiger partial charge in [-0.25, -0.2) is 17.9 Å². The van der Waals surface area contributed by atoms with Crippen molar-refractivity contribution in [3.8, 4) is 0 Å². The fraction of sp³-hybridized carbons (Fsp3) is 0.417. The standard InChI is InChI=1S/C12H12F3N5O4S2/c13-12(14,15)8-3-5(19-20-8)7-1-2-9(25-7)26(23,24)16-4-6-10(21)18-11(22)17-6/h1-2,6,10,16,21H,3-4H2,(H2,17,18,22)/t6-,10?/m0/s1. The first-order valence-corrected chi connectivity index (χ1v) is 9.42. The highest BCUT2D eigenvalue weighted by atomic mass is 32.2. The number of hydrogen-bond acceptors (Lipinski definition) is 7. The van der Waals surface area contributed by atoms with Crippen LogP contribution in [-0.4, -0.2) is 56.0 Å². The Morgan fingerprint density at radius 1 is 1.31 bits per heavy atom. The van der Waals surface area contributed by atoms with Gasteiger partial charge < -0.3 is 15.7 Å². The number of aliphatic hydroxyl groups excluding tert-OH is 1. The molecule has 0 bridgehead atoms. The van der Waals surface area contributed by atoms with Crippen LogP contribution in [0.15, 0.2) is 26.5 Å². The van der Waals surface area contributed by atoms with Gasteiger partial charge in [-0.05, 0) is 12.1 Å². The third-order valence-electron chi connectivity index (χ3n) is 3.55. The molecule has 14 heteroatoms. The van der Waals surface area contributed by atoms with Crippen LogP contribution in [0.5, 0.6) is 0 Å². The van der Waals surface area contributed by atoms with Crippen molar-refractivity contribution in [3.63, 3.8) is 0 Å². The number of urea groups is 1. The van der Waals surface area contributed by atoms with Crippen LogP contribution in [0.4, 0.5) is 18.0 Å². The van der Waals surface area contributed by atoms with E-state index in [2.05, 4.69) is 25.6 Å². The van der Waals surface area contributed by atoms with E-state index < -0.39 is 46.6 Å². The number of carbonyl (C=O) groups is 1. The fourth-order valence-electron chi connectivity index (χ4n) is 2.22. The van der Waals surface area contributed by atoms with Crippen LogP contribution in [0.25, 0.3) is 0 Å². The molecular formula is C12H12F3N5O4S2. The molecule has 9 nitrogen and oxygen atoms in total. The summed E-state index contributed by atoms with van der Waals surface area (Å²) in [6.07, 6.45) is -6.35. The molecular weight excluding hydrogens is 399 g/mol. The van der Waals surface area contributed by atoms with Gasteiger partial charge in [-0.3, -0.25) is 0 Å². The van der Waals surface area contributed by atoms with E-state index in [9.17, 15) is 31.5 Å². The zero-order chi connectivity index (χ0) is 19.1. The van der Waals surface area contributed by atoms with Gasteiger partial charge in [0.2, 0.25) is 10.0 Å². The molecule has 0 saturated carbocycles. The number of rotatable bonds is 5. The molecule has 142 valence electrons. The predicted octanol–water partition coefficient (Wildman–Crippen LogP) is 0.137. The number of amides is 2. The largest absolute Gasteiger partial charge is 0.431 e. The van der Waals surface area contributed by atoms with Crippen LogP contribution in [0.3, 0.4) is 0 Å². The molecule has 0 aliphatic carbocycles. The first kappa shape index (κ1) is 18.8. The number of carbonyl (C=O) groups excluding carboxylic acids is 1. The number of alkyl halides is 3. The minimum Gasteiger partial charge on any atom is -0.371 e. The van der Waals surface area contributed by atoms with Crippen molar-refractivity contribution in [1.82, 2.24) is 15.4 Å². The third kappa shape index (κ3) is 3.87. The molecule has 0 spiro atoms. The van der Waals surface area contributed by atoms with E-state index in [4.69, 9.17) is 0 Å². The third-order valence-corrected chi connectivity index (χ3v) is 6.60. The number of thiophene rings is 1. The van der Waals surface area contributed by atoms with Gasteiger partial charge in [-0.15, -0.1) is 16.4 Å². The Hall–Kier alpha value is -2.03. The number of nitrogens with zero attached hydrogens (tertiary/aromatic N) is 2. The topological polar surface area (TPSA) is 132 Å². The van der Waals surface area contributed by atoms with Crippen LogP contribution >= 0.6 is 11.3 Å². The number of sulfonamides is 1. The Kier molecular flexibility index (Phi) is 4.76. The molecule has 4 N–H and O–H groups in total. The summed E-state index contributed by atoms with van der Waals surface area (Å²) in [6.45, 7) is -0.266. The first-order valence-electron chi connectivity index (χ1n) is 7.12. The Morgan fingerprint density at radius 3 is 2.62 bits per heavy atom. The van der Waals surface area contributed by atoms with Crippen molar-refractivity contribution in [2.45, 2.75) is 29.1 Å². The SMILES string of the molecule is O=C1NC(O)[C@H](CNS(=O)(=O)c2ccc(C3=NN=C(C(F)(F)F)C3)s2)N1. The van der Waals surface area contributed by atoms with Gasteiger partial charge in [0.15, 0.2) is 0 Å². The van der Waals surface area contributed by atoms with Crippen LogP contribution in [-0.2, 0) is 10.0 Å². The minimum absolute atomic E-state index is 0.0338. The van der Waals surface area contributed by atoms with E-state index in [1.54, 1.807) is 0 Å². The molecule has 2 atom stereocenters. The Labute approximate surface area is 149 Å². The summed E-state index contributed by atoms with van der Waals surface area (Å²) in [5, 5.41) is 20.6. The molecule has 1 fully saturated rings. The maximum absolute atomic E-state index is 12.6. The average Bonchev–Trinajstić information content (AvgIpc) is 3.23. The van der Waals surface area contributed by atoms with Crippen LogP contribution in [0.1, 0.15) is 11.3 Å². The molecule has 3 heterocycles. The van der Waals surface area contributed by atoms with E-state index in [0.29, 0.717) is 0 Å². The first-order chi connectivity index (χ1) is 12.1. The lowest BCUT2D eigenvalue weighted by Gasteiger charge is -2.13. The van der Waals surface area contributed by atoms with E-state index >= 15 is 0 Å². The molecule has 1 unspecified atom stereocenters. The van der Waals surface area contributed by atoms with E-state index in [-0.39, 0.29) is 21.3 Å². The van der Waals surface area contributed by atoms with E-state index in [1.807, 2.05) is 0 Å². The van der Waals surface area contributed by atoms with Crippen molar-refractivity contribution in [3.05, 3.63) is 17.0 Å². The highest BCUT2D eigenvalue weighted by Gasteiger charge is 2.39. The maximum Gasteiger partial charge on any atom is 0.431 e. The molecule has 1 aromatic heterocycles. The second-order valence-corrected chi connectivity index (χ2v) is 8.49. The smallest absolute Gasteiger partial charge is 0.371 e. The maximum atomic E-state index is 12.6. The molecule has 1 aromatic rings. The summed E-state index contributed by atoms with van der Waals surface area (Å²) >= 11 is 0.746. The fourth-order valence-corrected chi connectivity index (χ4v) is 4.61. The zero-order valence-electron chi connectivity index (χ0n) is 12.7. The molecule has 0 radical (unpaired) electrons. The molecule has 0 aromatic carbocycles. The average molecular weight is 411 g/mol. The lowest BCUT2D eigenvalue weighted by atomic mass is 10.1. The lowest BCUT2D eigenvalue weighted by Crippen LogP contribution is -2.43. The van der Waals surface area contributed by atoms with Crippen molar-refractivity contribution in [2.75, 3.05) is 6.54 Å². The van der Waals surface area contributed by atoms with E-state index in [0.717, 1.165) is 11.3 Å². The summed E-state index contributed by atoms with van der Waals surface area (Å²) in [5.41, 5.74) is -1.01. The Balaban J connectivity index is 1.65. The summed E-state index contributed by atoms with van der Waals surface area (Å²) < 4.78 is 64.4. The molecule has 2 aliphatic rings. The van der Waals surface area contributed by atoms with Crippen molar-refractivity contribution >= 4 is 38.8 Å². The summed E-state index contributed by atoms with van der Waals surface area (Å²) in [4.78, 5) is 11.3. The van der Waals surface area contributed by atoms with Gasteiger partial charge in [0.1, 0.15) is 16.1 Å². The number of hydrogen-bond donors (Lipinski definition) is 4. The van der Waals surface area contributed by atoms with E-state index in [1.165, 1.54) is 12.1 Å². The second kappa shape index (κ2) is 6.61.